The first-order valence-corrected chi connectivity index (χ1v) is 10.4. The molecule has 1 amide bonds. The monoisotopic (exact) mass is 444 g/mol. The summed E-state index contributed by atoms with van der Waals surface area (Å²) < 4.78 is 63.4. The topological polar surface area (TPSA) is 124 Å². The molecule has 1 aliphatic carbocycles. The maximum Gasteiger partial charge on any atom is 0.421 e. The van der Waals surface area contributed by atoms with Crippen molar-refractivity contribution < 1.29 is 26.4 Å². The van der Waals surface area contributed by atoms with E-state index in [4.69, 9.17) is 5.14 Å². The number of rotatable bonds is 5. The summed E-state index contributed by atoms with van der Waals surface area (Å²) in [6.45, 7) is 2.47. The van der Waals surface area contributed by atoms with Gasteiger partial charge in [-0.2, -0.15) is 18.3 Å². The number of anilines is 1. The Morgan fingerprint density at radius 1 is 1.27 bits per heavy atom. The van der Waals surface area contributed by atoms with Gasteiger partial charge in [0.25, 0.3) is 5.56 Å². The number of halogens is 3. The molecule has 1 heterocycles. The molecule has 162 valence electrons. The van der Waals surface area contributed by atoms with Gasteiger partial charge in [-0.1, -0.05) is 0 Å². The zero-order valence-electron chi connectivity index (χ0n) is 16.1. The average Bonchev–Trinajstić information content (AvgIpc) is 3.43. The van der Waals surface area contributed by atoms with Gasteiger partial charge in [-0.05, 0) is 56.0 Å². The zero-order valence-corrected chi connectivity index (χ0v) is 16.9. The summed E-state index contributed by atoms with van der Waals surface area (Å²) >= 11 is 0. The highest BCUT2D eigenvalue weighted by molar-refractivity contribution is 7.89. The molecule has 1 fully saturated rings. The molecule has 0 bridgehead atoms. The van der Waals surface area contributed by atoms with E-state index in [0.29, 0.717) is 28.7 Å². The smallest absolute Gasteiger partial charge is 0.324 e. The number of aryl methyl sites for hydroxylation is 1. The molecule has 3 N–H and O–H groups in total. The maximum absolute atomic E-state index is 13.2. The van der Waals surface area contributed by atoms with E-state index in [1.165, 1.54) is 6.07 Å². The van der Waals surface area contributed by atoms with Gasteiger partial charge in [0.2, 0.25) is 15.9 Å². The summed E-state index contributed by atoms with van der Waals surface area (Å²) in [5.74, 6) is -1.00. The number of nitrogens with two attached hydrogens (primary N) is 1. The molecule has 0 spiro atoms. The fourth-order valence-corrected chi connectivity index (χ4v) is 3.52. The summed E-state index contributed by atoms with van der Waals surface area (Å²) in [5.41, 5.74) is -1.51. The minimum atomic E-state index is -4.88. The van der Waals surface area contributed by atoms with Crippen LogP contribution >= 0.6 is 0 Å². The molecule has 1 aromatic heterocycles. The standard InChI is InChI=1S/C18H19F3N4O4S/c1-9-5-12(30(22,28)29)6-14(10(9)2)23-16(26)8-25-17(27)13(18(19,20)21)7-15(24-25)11-3-4-11/h5-7,11H,3-4,8H2,1-2H3,(H,23,26)(H2,22,28,29). The molecule has 8 nitrogen and oxygen atoms in total. The largest absolute Gasteiger partial charge is 0.421 e. The second-order valence-corrected chi connectivity index (χ2v) is 8.79. The van der Waals surface area contributed by atoms with Gasteiger partial charge in [-0.3, -0.25) is 9.59 Å². The van der Waals surface area contributed by atoms with Crippen molar-refractivity contribution in [3.63, 3.8) is 0 Å². The Bertz CT molecular complexity index is 1190. The molecule has 30 heavy (non-hydrogen) atoms. The second kappa shape index (κ2) is 7.51. The van der Waals surface area contributed by atoms with Crippen LogP contribution in [0.2, 0.25) is 0 Å². The molecule has 0 atom stereocenters. The van der Waals surface area contributed by atoms with Crippen LogP contribution in [0.3, 0.4) is 0 Å². The summed E-state index contributed by atoms with van der Waals surface area (Å²) in [7, 11) is -4.04. The van der Waals surface area contributed by atoms with E-state index in [9.17, 15) is 31.2 Å². The average molecular weight is 444 g/mol. The maximum atomic E-state index is 13.2. The minimum Gasteiger partial charge on any atom is -0.324 e. The number of carbonyl (C=O) groups is 1. The Kier molecular flexibility index (Phi) is 5.50. The Morgan fingerprint density at radius 3 is 2.43 bits per heavy atom. The number of carbonyl (C=O) groups excluding carboxylic acids is 1. The lowest BCUT2D eigenvalue weighted by Gasteiger charge is -2.14. The van der Waals surface area contributed by atoms with Crippen LogP contribution in [-0.2, 0) is 27.5 Å². The molecule has 2 aromatic rings. The van der Waals surface area contributed by atoms with Crippen LogP contribution in [0.1, 0.15) is 41.1 Å². The number of hydrogen-bond donors (Lipinski definition) is 2. The Hall–Kier alpha value is -2.73. The molecule has 3 rings (SSSR count). The summed E-state index contributed by atoms with van der Waals surface area (Å²) in [4.78, 5) is 24.4. The fraction of sp³-hybridized carbons (Fsp3) is 0.389. The van der Waals surface area contributed by atoms with E-state index in [1.54, 1.807) is 13.8 Å². The molecule has 1 aliphatic rings. The number of alkyl halides is 3. The normalized spacial score (nSPS) is 14.6. The fourth-order valence-electron chi connectivity index (χ4n) is 2.90. The first-order chi connectivity index (χ1) is 13.8. The lowest BCUT2D eigenvalue weighted by molar-refractivity contribution is -0.139. The van der Waals surface area contributed by atoms with Gasteiger partial charge in [0.15, 0.2) is 0 Å². The number of primary sulfonamides is 1. The number of benzene rings is 1. The van der Waals surface area contributed by atoms with E-state index in [0.717, 1.165) is 12.1 Å². The van der Waals surface area contributed by atoms with Crippen molar-refractivity contribution in [2.45, 2.75) is 50.2 Å². The number of sulfonamides is 1. The van der Waals surface area contributed by atoms with Gasteiger partial charge in [0.1, 0.15) is 12.1 Å². The molecule has 0 aliphatic heterocycles. The Morgan fingerprint density at radius 2 is 1.90 bits per heavy atom. The second-order valence-electron chi connectivity index (χ2n) is 7.22. The van der Waals surface area contributed by atoms with E-state index in [1.807, 2.05) is 0 Å². The highest BCUT2D eigenvalue weighted by Gasteiger charge is 2.37. The van der Waals surface area contributed by atoms with Crippen LogP contribution in [0.15, 0.2) is 27.9 Å². The lowest BCUT2D eigenvalue weighted by atomic mass is 10.1. The van der Waals surface area contributed by atoms with E-state index in [-0.39, 0.29) is 22.2 Å². The number of nitrogens with zero attached hydrogens (tertiary/aromatic N) is 2. The summed E-state index contributed by atoms with van der Waals surface area (Å²) in [6, 6.07) is 3.21. The summed E-state index contributed by atoms with van der Waals surface area (Å²) in [6.07, 6.45) is -3.56. The molecular weight excluding hydrogens is 425 g/mol. The van der Waals surface area contributed by atoms with E-state index >= 15 is 0 Å². The van der Waals surface area contributed by atoms with Crippen molar-refractivity contribution in [3.05, 3.63) is 50.9 Å². The van der Waals surface area contributed by atoms with E-state index < -0.39 is 39.8 Å². The van der Waals surface area contributed by atoms with Crippen molar-refractivity contribution in [1.29, 1.82) is 0 Å². The predicted molar refractivity (Wildman–Crippen MR) is 101 cm³/mol. The van der Waals surface area contributed by atoms with Crippen molar-refractivity contribution in [1.82, 2.24) is 9.78 Å². The molecular formula is C18H19F3N4O4S. The third-order valence-electron chi connectivity index (χ3n) is 4.83. The summed E-state index contributed by atoms with van der Waals surface area (Å²) in [5, 5.41) is 11.5. The Labute approximate surface area is 169 Å². The number of amides is 1. The van der Waals surface area contributed by atoms with Crippen LogP contribution in [0, 0.1) is 13.8 Å². The van der Waals surface area contributed by atoms with Crippen LogP contribution in [0.25, 0.3) is 0 Å². The molecule has 0 saturated heterocycles. The molecule has 1 aromatic carbocycles. The van der Waals surface area contributed by atoms with Gasteiger partial charge >= 0.3 is 6.18 Å². The van der Waals surface area contributed by atoms with Crippen LogP contribution < -0.4 is 16.0 Å². The number of aromatic nitrogens is 2. The van der Waals surface area contributed by atoms with Crippen molar-refractivity contribution in [2.75, 3.05) is 5.32 Å². The molecule has 0 radical (unpaired) electrons. The third-order valence-corrected chi connectivity index (χ3v) is 5.72. The minimum absolute atomic E-state index is 0.109. The van der Waals surface area contributed by atoms with Crippen LogP contribution in [-0.4, -0.2) is 24.1 Å². The first-order valence-electron chi connectivity index (χ1n) is 8.90. The van der Waals surface area contributed by atoms with Gasteiger partial charge in [0, 0.05) is 11.6 Å². The predicted octanol–water partition coefficient (Wildman–Crippen LogP) is 2.04. The lowest BCUT2D eigenvalue weighted by Crippen LogP contribution is -2.35. The van der Waals surface area contributed by atoms with Crippen LogP contribution in [0.4, 0.5) is 18.9 Å². The van der Waals surface area contributed by atoms with Gasteiger partial charge in [0.05, 0.1) is 10.6 Å². The third kappa shape index (κ3) is 4.70. The van der Waals surface area contributed by atoms with E-state index in [2.05, 4.69) is 10.4 Å². The van der Waals surface area contributed by atoms with Gasteiger partial charge in [-0.15, -0.1) is 0 Å². The van der Waals surface area contributed by atoms with Crippen LogP contribution in [0.5, 0.6) is 0 Å². The number of nitrogens with one attached hydrogen (secondary N) is 1. The highest BCUT2D eigenvalue weighted by atomic mass is 32.2. The highest BCUT2D eigenvalue weighted by Crippen LogP contribution is 2.40. The van der Waals surface area contributed by atoms with Gasteiger partial charge < -0.3 is 5.32 Å². The zero-order chi connectivity index (χ0) is 22.4. The Balaban J connectivity index is 1.93. The van der Waals surface area contributed by atoms with Crippen molar-refractivity contribution in [3.8, 4) is 0 Å². The van der Waals surface area contributed by atoms with Gasteiger partial charge in [-0.25, -0.2) is 18.2 Å². The first kappa shape index (κ1) is 22.0. The molecule has 1 saturated carbocycles. The molecule has 0 unspecified atom stereocenters. The van der Waals surface area contributed by atoms with Crippen molar-refractivity contribution in [2.24, 2.45) is 5.14 Å². The number of hydrogen-bond acceptors (Lipinski definition) is 5. The quantitative estimate of drug-likeness (QED) is 0.730. The molecule has 12 heteroatoms. The van der Waals surface area contributed by atoms with Crippen molar-refractivity contribution >= 4 is 21.6 Å². The SMILES string of the molecule is Cc1cc(S(N)(=O)=O)cc(NC(=O)Cn2nc(C3CC3)cc(C(F)(F)F)c2=O)c1C.